The van der Waals surface area contributed by atoms with Gasteiger partial charge in [-0.1, -0.05) is 243 Å². The van der Waals surface area contributed by atoms with Crippen LogP contribution in [0.4, 0.5) is 0 Å². The maximum absolute atomic E-state index is 13.4. The van der Waals surface area contributed by atoms with Gasteiger partial charge in [-0.25, -0.2) is 0 Å². The Balaban J connectivity index is 2.74. The van der Waals surface area contributed by atoms with Gasteiger partial charge in [0, 0.05) is 6.42 Å². The number of aliphatic hydroxyl groups is 5. The fourth-order valence-corrected chi connectivity index (χ4v) is 9.11. The van der Waals surface area contributed by atoms with Crippen molar-refractivity contribution in [2.45, 2.75) is 314 Å². The topological polar surface area (TPSA) is 175 Å². The predicted octanol–water partition coefficient (Wildman–Crippen LogP) is 13.1. The molecule has 0 aromatic carbocycles. The Morgan fingerprint density at radius 3 is 1.46 bits per heavy atom. The lowest BCUT2D eigenvalue weighted by Crippen LogP contribution is -2.61. The minimum Gasteiger partial charge on any atom is -0.454 e. The fourth-order valence-electron chi connectivity index (χ4n) is 9.11. The second-order valence-corrected chi connectivity index (χ2v) is 20.4. The van der Waals surface area contributed by atoms with Crippen molar-refractivity contribution >= 4 is 11.9 Å². The quantitative estimate of drug-likeness (QED) is 0.0149. The number of rotatable bonds is 49. The first-order valence-corrected chi connectivity index (χ1v) is 29.3. The number of carbonyl (C=O) groups is 2. The molecule has 0 aliphatic carbocycles. The van der Waals surface area contributed by atoms with Crippen molar-refractivity contribution in [3.8, 4) is 0 Å². The van der Waals surface area contributed by atoms with Crippen molar-refractivity contribution in [3.63, 3.8) is 0 Å². The number of aliphatic hydroxyl groups excluding tert-OH is 5. The fraction of sp³-hybridized carbons (Fsp3) is 0.864. The molecule has 1 saturated heterocycles. The summed E-state index contributed by atoms with van der Waals surface area (Å²) >= 11 is 0. The standard InChI is InChI=1S/C59H109NO10/c1-4-7-10-13-16-19-22-25-26-29-32-35-38-41-44-47-54(64)70-57-56(66)55(65)53(48-61)69-59(57)68-49-50(51(62)45-42-39-36-33-30-27-23-20-17-14-11-8-5-2)60-58(67)52(63)46-43-40-37-34-31-28-24-21-18-15-12-9-6-3/h16,19,22,25,42,45,50-53,55-57,59,61-63,65-66H,4-15,17-18,20-21,23-24,26-41,43-44,46-49H2,1-3H3,(H,60,67)/b19-16+,25-22+,45-42+. The van der Waals surface area contributed by atoms with Crippen LogP contribution in [0.25, 0.3) is 0 Å². The van der Waals surface area contributed by atoms with Gasteiger partial charge in [0.25, 0.3) is 0 Å². The van der Waals surface area contributed by atoms with Crippen molar-refractivity contribution in [2.75, 3.05) is 13.2 Å². The lowest BCUT2D eigenvalue weighted by Gasteiger charge is -2.41. The summed E-state index contributed by atoms with van der Waals surface area (Å²) in [5.74, 6) is -1.20. The van der Waals surface area contributed by atoms with E-state index >= 15 is 0 Å². The number of esters is 1. The Kier molecular flexibility index (Phi) is 45.1. The summed E-state index contributed by atoms with van der Waals surface area (Å²) in [6.07, 6.45) is 44.6. The van der Waals surface area contributed by atoms with Gasteiger partial charge in [-0.2, -0.15) is 0 Å². The van der Waals surface area contributed by atoms with Crippen LogP contribution in [0.3, 0.4) is 0 Å². The molecule has 0 spiro atoms. The largest absolute Gasteiger partial charge is 0.454 e. The van der Waals surface area contributed by atoms with Crippen LogP contribution >= 0.6 is 0 Å². The second-order valence-electron chi connectivity index (χ2n) is 20.4. The summed E-state index contributed by atoms with van der Waals surface area (Å²) in [7, 11) is 0. The van der Waals surface area contributed by atoms with E-state index in [2.05, 4.69) is 50.4 Å². The molecule has 8 unspecified atom stereocenters. The monoisotopic (exact) mass is 992 g/mol. The van der Waals surface area contributed by atoms with Crippen molar-refractivity contribution in [3.05, 3.63) is 36.5 Å². The maximum Gasteiger partial charge on any atom is 0.306 e. The van der Waals surface area contributed by atoms with E-state index in [-0.39, 0.29) is 13.0 Å². The Bertz CT molecular complexity index is 1280. The molecule has 8 atom stereocenters. The predicted molar refractivity (Wildman–Crippen MR) is 287 cm³/mol. The van der Waals surface area contributed by atoms with E-state index in [4.69, 9.17) is 14.2 Å². The zero-order valence-electron chi connectivity index (χ0n) is 45.1. The minimum atomic E-state index is -1.61. The Hall–Kier alpha value is -2.12. The number of carbonyl (C=O) groups excluding carboxylic acids is 2. The number of hydrogen-bond donors (Lipinski definition) is 6. The van der Waals surface area contributed by atoms with Crippen LogP contribution in [-0.4, -0.2) is 99.6 Å². The first-order chi connectivity index (χ1) is 34.2. The van der Waals surface area contributed by atoms with Crippen LogP contribution in [-0.2, 0) is 23.8 Å². The van der Waals surface area contributed by atoms with E-state index in [0.717, 1.165) is 83.5 Å². The zero-order valence-corrected chi connectivity index (χ0v) is 45.1. The molecule has 1 fully saturated rings. The summed E-state index contributed by atoms with van der Waals surface area (Å²) in [6, 6.07) is -1.02. The van der Waals surface area contributed by atoms with E-state index in [9.17, 15) is 35.1 Å². The summed E-state index contributed by atoms with van der Waals surface area (Å²) < 4.78 is 17.6. The first-order valence-electron chi connectivity index (χ1n) is 29.3. The van der Waals surface area contributed by atoms with Gasteiger partial charge in [0.1, 0.15) is 24.4 Å². The molecule has 0 aromatic heterocycles. The molecule has 11 heteroatoms. The van der Waals surface area contributed by atoms with Gasteiger partial charge in [-0.05, 0) is 51.4 Å². The van der Waals surface area contributed by atoms with E-state index in [1.54, 1.807) is 6.08 Å². The van der Waals surface area contributed by atoms with Crippen molar-refractivity contribution in [1.29, 1.82) is 0 Å². The maximum atomic E-state index is 13.4. The molecule has 11 nitrogen and oxygen atoms in total. The molecule has 1 heterocycles. The lowest BCUT2D eigenvalue weighted by atomic mass is 9.99. The Morgan fingerprint density at radius 2 is 0.971 bits per heavy atom. The molecule has 410 valence electrons. The number of amides is 1. The number of unbranched alkanes of at least 4 members (excludes halogenated alkanes) is 32. The van der Waals surface area contributed by atoms with E-state index in [0.29, 0.717) is 19.3 Å². The van der Waals surface area contributed by atoms with E-state index in [1.165, 1.54) is 135 Å². The molecule has 1 aliphatic rings. The summed E-state index contributed by atoms with van der Waals surface area (Å²) in [4.78, 5) is 26.4. The Labute approximate surface area is 428 Å². The van der Waals surface area contributed by atoms with Gasteiger partial charge in [0.05, 0.1) is 25.4 Å². The normalized spacial score (nSPS) is 19.9. The van der Waals surface area contributed by atoms with Gasteiger partial charge in [-0.15, -0.1) is 0 Å². The number of ether oxygens (including phenoxy) is 3. The summed E-state index contributed by atoms with van der Waals surface area (Å²) in [5.41, 5.74) is 0. The van der Waals surface area contributed by atoms with E-state index in [1.807, 2.05) is 6.08 Å². The number of hydrogen-bond acceptors (Lipinski definition) is 10. The Morgan fingerprint density at radius 1 is 0.557 bits per heavy atom. The molecule has 1 amide bonds. The van der Waals surface area contributed by atoms with Crippen LogP contribution in [0, 0.1) is 0 Å². The highest BCUT2D eigenvalue weighted by molar-refractivity contribution is 5.80. The van der Waals surface area contributed by atoms with Crippen molar-refractivity contribution < 1.29 is 49.3 Å². The van der Waals surface area contributed by atoms with Crippen LogP contribution < -0.4 is 5.32 Å². The molecular formula is C59H109NO10. The average molecular weight is 993 g/mol. The van der Waals surface area contributed by atoms with Gasteiger partial charge in [-0.3, -0.25) is 9.59 Å². The minimum absolute atomic E-state index is 0.112. The molecule has 0 radical (unpaired) electrons. The second kappa shape index (κ2) is 47.9. The van der Waals surface area contributed by atoms with Crippen LogP contribution in [0.5, 0.6) is 0 Å². The molecule has 1 aliphatic heterocycles. The highest BCUT2D eigenvalue weighted by atomic mass is 16.7. The molecule has 6 N–H and O–H groups in total. The molecule has 1 rings (SSSR count). The number of allylic oxidation sites excluding steroid dienone is 5. The molecule has 0 saturated carbocycles. The zero-order chi connectivity index (χ0) is 51.1. The molecular weight excluding hydrogens is 883 g/mol. The summed E-state index contributed by atoms with van der Waals surface area (Å²) in [6.45, 7) is 5.75. The third kappa shape index (κ3) is 35.9. The van der Waals surface area contributed by atoms with Crippen molar-refractivity contribution in [2.24, 2.45) is 0 Å². The summed E-state index contributed by atoms with van der Waals surface area (Å²) in [5, 5.41) is 56.8. The smallest absolute Gasteiger partial charge is 0.306 e. The third-order valence-electron chi connectivity index (χ3n) is 13.8. The third-order valence-corrected chi connectivity index (χ3v) is 13.8. The first kappa shape index (κ1) is 65.9. The van der Waals surface area contributed by atoms with Crippen LogP contribution in [0.15, 0.2) is 36.5 Å². The van der Waals surface area contributed by atoms with Crippen LogP contribution in [0.2, 0.25) is 0 Å². The van der Waals surface area contributed by atoms with Crippen molar-refractivity contribution in [1.82, 2.24) is 5.32 Å². The molecule has 70 heavy (non-hydrogen) atoms. The van der Waals surface area contributed by atoms with Gasteiger partial charge < -0.3 is 45.1 Å². The molecule has 0 aromatic rings. The van der Waals surface area contributed by atoms with E-state index < -0.39 is 67.4 Å². The average Bonchev–Trinajstić information content (AvgIpc) is 3.36. The highest BCUT2D eigenvalue weighted by Crippen LogP contribution is 2.26. The highest BCUT2D eigenvalue weighted by Gasteiger charge is 2.47. The number of nitrogens with one attached hydrogen (secondary N) is 1. The molecule has 0 bridgehead atoms. The van der Waals surface area contributed by atoms with Gasteiger partial charge in [0.15, 0.2) is 12.4 Å². The van der Waals surface area contributed by atoms with Gasteiger partial charge in [0.2, 0.25) is 5.91 Å². The van der Waals surface area contributed by atoms with Crippen LogP contribution in [0.1, 0.15) is 265 Å². The SMILES string of the molecule is CCCCC/C=C/C=C/CCCCCCCCC(=O)OC1C(OCC(NC(=O)C(O)CCCCCCCCCCCCCCC)C(O)/C=C/CCCCCCCCCCCCC)OC(CO)C(O)C1O. The lowest BCUT2D eigenvalue weighted by molar-refractivity contribution is -0.305. The van der Waals surface area contributed by atoms with Gasteiger partial charge >= 0.3 is 5.97 Å².